The summed E-state index contributed by atoms with van der Waals surface area (Å²) in [5.74, 6) is 1.01. The third-order valence-corrected chi connectivity index (χ3v) is 6.13. The molecular formula is C26H42O3. The van der Waals surface area contributed by atoms with Gasteiger partial charge in [-0.1, -0.05) is 91.2 Å². The Kier molecular flexibility index (Phi) is 12.4. The van der Waals surface area contributed by atoms with Gasteiger partial charge < -0.3 is 9.84 Å². The van der Waals surface area contributed by atoms with Gasteiger partial charge in [0.05, 0.1) is 7.11 Å². The highest BCUT2D eigenvalue weighted by molar-refractivity contribution is 5.96. The molecule has 0 aliphatic carbocycles. The van der Waals surface area contributed by atoms with Crippen LogP contribution < -0.4 is 4.74 Å². The molecule has 0 saturated carbocycles. The van der Waals surface area contributed by atoms with Crippen molar-refractivity contribution in [2.24, 2.45) is 11.8 Å². The number of unbranched alkanes of at least 4 members (excludes halogenated alkanes) is 2. The Morgan fingerprint density at radius 3 is 1.83 bits per heavy atom. The van der Waals surface area contributed by atoms with E-state index in [4.69, 9.17) is 4.74 Å². The number of ether oxygens (including phenoxy) is 1. The maximum Gasteiger partial charge on any atom is 0.331 e. The second kappa shape index (κ2) is 14.3. The summed E-state index contributed by atoms with van der Waals surface area (Å²) < 4.78 is 5.31. The monoisotopic (exact) mass is 402 g/mol. The molecule has 1 aromatic carbocycles. The van der Waals surface area contributed by atoms with E-state index in [0.29, 0.717) is 23.8 Å². The van der Waals surface area contributed by atoms with Crippen molar-refractivity contribution in [2.45, 2.75) is 91.9 Å². The van der Waals surface area contributed by atoms with Crippen molar-refractivity contribution < 1.29 is 14.6 Å². The zero-order valence-electron chi connectivity index (χ0n) is 19.3. The molecule has 0 radical (unpaired) electrons. The third kappa shape index (κ3) is 8.64. The lowest BCUT2D eigenvalue weighted by Crippen LogP contribution is -2.12. The first-order chi connectivity index (χ1) is 14.0. The lowest BCUT2D eigenvalue weighted by Gasteiger charge is -2.22. The highest BCUT2D eigenvalue weighted by Crippen LogP contribution is 2.35. The first-order valence-corrected chi connectivity index (χ1v) is 11.6. The number of allylic oxidation sites excluding steroid dienone is 1. The Morgan fingerprint density at radius 2 is 1.41 bits per heavy atom. The molecule has 0 amide bonds. The molecule has 0 saturated heterocycles. The molecule has 0 aliphatic rings. The summed E-state index contributed by atoms with van der Waals surface area (Å²) in [5, 5.41) is 10.2. The molecule has 29 heavy (non-hydrogen) atoms. The Balaban J connectivity index is 3.33. The predicted octanol–water partition coefficient (Wildman–Crippen LogP) is 7.75. The van der Waals surface area contributed by atoms with E-state index in [9.17, 15) is 9.90 Å². The molecule has 164 valence electrons. The third-order valence-electron chi connectivity index (χ3n) is 6.13. The van der Waals surface area contributed by atoms with Crippen molar-refractivity contribution in [3.63, 3.8) is 0 Å². The van der Waals surface area contributed by atoms with E-state index in [1.807, 2.05) is 24.3 Å². The van der Waals surface area contributed by atoms with Crippen molar-refractivity contribution >= 4 is 11.5 Å². The molecule has 0 spiro atoms. The van der Waals surface area contributed by atoms with Crippen LogP contribution in [0.1, 0.15) is 97.5 Å². The largest absolute Gasteiger partial charge is 0.497 e. The first kappa shape index (κ1) is 25.3. The van der Waals surface area contributed by atoms with Crippen LogP contribution in [-0.4, -0.2) is 18.2 Å². The maximum absolute atomic E-state index is 12.4. The second-order valence-corrected chi connectivity index (χ2v) is 8.23. The summed E-state index contributed by atoms with van der Waals surface area (Å²) in [5.41, 5.74) is 2.68. The number of carbonyl (C=O) groups is 1. The smallest absolute Gasteiger partial charge is 0.331 e. The molecule has 0 aliphatic heterocycles. The molecule has 0 bridgehead atoms. The highest BCUT2D eigenvalue weighted by atomic mass is 16.5. The number of aliphatic carboxylic acids is 1. The number of benzene rings is 1. The van der Waals surface area contributed by atoms with Gasteiger partial charge in [-0.05, 0) is 47.9 Å². The number of methoxy groups -OCH3 is 1. The summed E-state index contributed by atoms with van der Waals surface area (Å²) in [6.07, 6.45) is 10.6. The van der Waals surface area contributed by atoms with E-state index < -0.39 is 5.97 Å². The number of carboxylic acids is 1. The second-order valence-electron chi connectivity index (χ2n) is 8.23. The van der Waals surface area contributed by atoms with Gasteiger partial charge in [0, 0.05) is 5.57 Å². The molecule has 2 atom stereocenters. The molecule has 0 aromatic heterocycles. The predicted molar refractivity (Wildman–Crippen MR) is 123 cm³/mol. The fourth-order valence-corrected chi connectivity index (χ4v) is 4.01. The zero-order valence-corrected chi connectivity index (χ0v) is 19.3. The Hall–Kier alpha value is -1.77. The molecule has 0 heterocycles. The Bertz CT molecular complexity index is 615. The van der Waals surface area contributed by atoms with Crippen LogP contribution in [0.5, 0.6) is 5.75 Å². The van der Waals surface area contributed by atoms with E-state index in [2.05, 4.69) is 27.7 Å². The van der Waals surface area contributed by atoms with Crippen LogP contribution in [0.15, 0.2) is 29.8 Å². The van der Waals surface area contributed by atoms with Crippen LogP contribution in [0.2, 0.25) is 0 Å². The topological polar surface area (TPSA) is 46.5 Å². The molecule has 1 rings (SSSR count). The van der Waals surface area contributed by atoms with E-state index in [-0.39, 0.29) is 0 Å². The van der Waals surface area contributed by atoms with E-state index in [1.54, 1.807) is 7.11 Å². The lowest BCUT2D eigenvalue weighted by atomic mass is 9.83. The van der Waals surface area contributed by atoms with E-state index in [1.165, 1.54) is 12.8 Å². The number of hydrogen-bond donors (Lipinski definition) is 1. The number of carboxylic acid groups (broad SMARTS) is 1. The van der Waals surface area contributed by atoms with Gasteiger partial charge in [-0.25, -0.2) is 4.79 Å². The first-order valence-electron chi connectivity index (χ1n) is 11.6. The van der Waals surface area contributed by atoms with Crippen molar-refractivity contribution in [3.8, 4) is 5.75 Å². The molecular weight excluding hydrogens is 360 g/mol. The molecule has 2 unspecified atom stereocenters. The Labute approximate surface area is 178 Å². The summed E-state index contributed by atoms with van der Waals surface area (Å²) in [4.78, 5) is 12.4. The summed E-state index contributed by atoms with van der Waals surface area (Å²) >= 11 is 0. The molecule has 3 nitrogen and oxygen atoms in total. The van der Waals surface area contributed by atoms with Crippen LogP contribution >= 0.6 is 0 Å². The maximum atomic E-state index is 12.4. The SMILES string of the molecule is CCCCC(CC)CC(C(=O)O)=C(CC(CC)CCCC)c1ccc(OC)cc1. The molecule has 1 aromatic rings. The van der Waals surface area contributed by atoms with Crippen molar-refractivity contribution in [3.05, 3.63) is 35.4 Å². The van der Waals surface area contributed by atoms with Crippen LogP contribution in [0.3, 0.4) is 0 Å². The van der Waals surface area contributed by atoms with Crippen LogP contribution in [-0.2, 0) is 4.79 Å². The summed E-state index contributed by atoms with van der Waals surface area (Å²) in [6, 6.07) is 7.93. The quantitative estimate of drug-likeness (QED) is 0.305. The molecule has 0 fully saturated rings. The van der Waals surface area contributed by atoms with E-state index in [0.717, 1.165) is 61.8 Å². The minimum absolute atomic E-state index is 0.435. The lowest BCUT2D eigenvalue weighted by molar-refractivity contribution is -0.132. The van der Waals surface area contributed by atoms with Crippen molar-refractivity contribution in [2.75, 3.05) is 7.11 Å². The minimum atomic E-state index is -0.754. The fraction of sp³-hybridized carbons (Fsp3) is 0.654. The summed E-state index contributed by atoms with van der Waals surface area (Å²) in [6.45, 7) is 8.82. The van der Waals surface area contributed by atoms with Gasteiger partial charge in [-0.15, -0.1) is 0 Å². The molecule has 3 heteroatoms. The normalized spacial score (nSPS) is 14.2. The van der Waals surface area contributed by atoms with Gasteiger partial charge in [0.15, 0.2) is 0 Å². The average Bonchev–Trinajstić information content (AvgIpc) is 2.74. The number of rotatable bonds is 15. The standard InChI is InChI=1S/C26H42O3/c1-6-10-12-20(8-3)18-24(22-14-16-23(29-5)17-15-22)25(26(27)28)19-21(9-4)13-11-7-2/h14-17,20-21H,6-13,18-19H2,1-5H3,(H,27,28). The molecule has 1 N–H and O–H groups in total. The Morgan fingerprint density at radius 1 is 0.897 bits per heavy atom. The van der Waals surface area contributed by atoms with Gasteiger partial charge >= 0.3 is 5.97 Å². The van der Waals surface area contributed by atoms with Crippen molar-refractivity contribution in [1.29, 1.82) is 0 Å². The minimum Gasteiger partial charge on any atom is -0.497 e. The fourth-order valence-electron chi connectivity index (χ4n) is 4.01. The van der Waals surface area contributed by atoms with Gasteiger partial charge in [-0.3, -0.25) is 0 Å². The van der Waals surface area contributed by atoms with Crippen LogP contribution in [0.4, 0.5) is 0 Å². The van der Waals surface area contributed by atoms with Crippen LogP contribution in [0.25, 0.3) is 5.57 Å². The van der Waals surface area contributed by atoms with Gasteiger partial charge in [0.2, 0.25) is 0 Å². The van der Waals surface area contributed by atoms with Gasteiger partial charge in [-0.2, -0.15) is 0 Å². The highest BCUT2D eigenvalue weighted by Gasteiger charge is 2.22. The van der Waals surface area contributed by atoms with Crippen LogP contribution in [0, 0.1) is 11.8 Å². The average molecular weight is 403 g/mol. The van der Waals surface area contributed by atoms with E-state index >= 15 is 0 Å². The number of hydrogen-bond acceptors (Lipinski definition) is 2. The van der Waals surface area contributed by atoms with Gasteiger partial charge in [0.25, 0.3) is 0 Å². The van der Waals surface area contributed by atoms with Gasteiger partial charge in [0.1, 0.15) is 5.75 Å². The summed E-state index contributed by atoms with van der Waals surface area (Å²) in [7, 11) is 1.66. The zero-order chi connectivity index (χ0) is 21.6. The van der Waals surface area contributed by atoms with Crippen molar-refractivity contribution in [1.82, 2.24) is 0 Å².